The van der Waals surface area contributed by atoms with Crippen LogP contribution in [0.25, 0.3) is 22.0 Å². The van der Waals surface area contributed by atoms with E-state index in [1.54, 1.807) is 0 Å². The van der Waals surface area contributed by atoms with Gasteiger partial charge in [-0.3, -0.25) is 4.79 Å². The van der Waals surface area contributed by atoms with Gasteiger partial charge >= 0.3 is 0 Å². The molecule has 2 heterocycles. The zero-order valence-electron chi connectivity index (χ0n) is 16.6. The van der Waals surface area contributed by atoms with Gasteiger partial charge in [-0.15, -0.1) is 0 Å². The summed E-state index contributed by atoms with van der Waals surface area (Å²) in [5.74, 6) is 0.539. The van der Waals surface area contributed by atoms with E-state index in [0.717, 1.165) is 54.4 Å². The lowest BCUT2D eigenvalue weighted by molar-refractivity contribution is 0.0357. The average molecular weight is 377 g/mol. The van der Waals surface area contributed by atoms with Crippen LogP contribution in [0.3, 0.4) is 0 Å². The summed E-state index contributed by atoms with van der Waals surface area (Å²) in [6.45, 7) is 5.20. The van der Waals surface area contributed by atoms with Crippen LogP contribution in [-0.4, -0.2) is 39.6 Å². The number of hydrogen-bond acceptors (Lipinski definition) is 2. The maximum absolute atomic E-state index is 13.4. The minimum absolute atomic E-state index is 0.0664. The molecule has 0 atom stereocenters. The van der Waals surface area contributed by atoms with Crippen LogP contribution in [0.1, 0.15) is 43.6 Å². The molecule has 0 unspecified atom stereocenters. The number of fused-ring (bicyclic) bond motifs is 1. The first-order chi connectivity index (χ1) is 13.4. The number of para-hydroxylation sites is 1. The quantitative estimate of drug-likeness (QED) is 0.684. The summed E-state index contributed by atoms with van der Waals surface area (Å²) >= 11 is 0. The molecule has 1 saturated heterocycles. The number of aromatic amines is 1. The Morgan fingerprint density at radius 2 is 1.71 bits per heavy atom. The Labute approximate surface area is 166 Å². The Hall–Kier alpha value is -2.59. The second-order valence-corrected chi connectivity index (χ2v) is 8.54. The summed E-state index contributed by atoms with van der Waals surface area (Å²) in [4.78, 5) is 18.7. The summed E-state index contributed by atoms with van der Waals surface area (Å²) in [7, 11) is 0. The SMILES string of the molecule is CC(C)(O)CC1CCN(C(=O)c2[nH]c3ccccc3c2-c2ccccc2)CC1. The van der Waals surface area contributed by atoms with Gasteiger partial charge in [0.15, 0.2) is 0 Å². The highest BCUT2D eigenvalue weighted by Crippen LogP contribution is 2.34. The fourth-order valence-electron chi connectivity index (χ4n) is 4.41. The number of H-pyrrole nitrogens is 1. The molecule has 0 bridgehead atoms. The highest BCUT2D eigenvalue weighted by Gasteiger charge is 2.29. The fraction of sp³-hybridized carbons (Fsp3) is 0.375. The molecule has 1 aliphatic heterocycles. The number of piperidine rings is 1. The van der Waals surface area contributed by atoms with Crippen molar-refractivity contribution >= 4 is 16.8 Å². The summed E-state index contributed by atoms with van der Waals surface area (Å²) < 4.78 is 0. The van der Waals surface area contributed by atoms with Crippen LogP contribution in [0, 0.1) is 5.92 Å². The molecule has 1 aliphatic rings. The van der Waals surface area contributed by atoms with Crippen molar-refractivity contribution in [3.8, 4) is 11.1 Å². The first-order valence-electron chi connectivity index (χ1n) is 10.1. The number of carbonyl (C=O) groups excluding carboxylic acids is 1. The van der Waals surface area contributed by atoms with Gasteiger partial charge in [-0.1, -0.05) is 48.5 Å². The number of carbonyl (C=O) groups is 1. The molecular weight excluding hydrogens is 348 g/mol. The number of benzene rings is 2. The van der Waals surface area contributed by atoms with Crippen LogP contribution < -0.4 is 0 Å². The van der Waals surface area contributed by atoms with Gasteiger partial charge in [0.25, 0.3) is 5.91 Å². The standard InChI is InChI=1S/C24H28N2O2/c1-24(2,28)16-17-12-14-26(15-13-17)23(27)22-21(18-8-4-3-5-9-18)19-10-6-7-11-20(19)25-22/h3-11,17,25,28H,12-16H2,1-2H3. The Morgan fingerprint density at radius 3 is 2.39 bits per heavy atom. The maximum Gasteiger partial charge on any atom is 0.270 e. The van der Waals surface area contributed by atoms with E-state index in [9.17, 15) is 9.90 Å². The Morgan fingerprint density at radius 1 is 1.07 bits per heavy atom. The van der Waals surface area contributed by atoms with Crippen molar-refractivity contribution < 1.29 is 9.90 Å². The molecule has 0 spiro atoms. The van der Waals surface area contributed by atoms with Crippen LogP contribution in [0.4, 0.5) is 0 Å². The van der Waals surface area contributed by atoms with Gasteiger partial charge in [-0.25, -0.2) is 0 Å². The number of amides is 1. The molecule has 1 aromatic heterocycles. The van der Waals surface area contributed by atoms with E-state index in [1.165, 1.54) is 0 Å². The lowest BCUT2D eigenvalue weighted by Gasteiger charge is -2.34. The number of aromatic nitrogens is 1. The zero-order chi connectivity index (χ0) is 19.7. The van der Waals surface area contributed by atoms with Crippen molar-refractivity contribution in [2.45, 2.75) is 38.7 Å². The predicted octanol–water partition coefficient (Wildman–Crippen LogP) is 4.85. The highest BCUT2D eigenvalue weighted by atomic mass is 16.3. The molecule has 2 aromatic carbocycles. The minimum atomic E-state index is -0.644. The topological polar surface area (TPSA) is 56.3 Å². The third-order valence-corrected chi connectivity index (χ3v) is 5.67. The summed E-state index contributed by atoms with van der Waals surface area (Å²) in [6, 6.07) is 18.2. The molecule has 146 valence electrons. The van der Waals surface area contributed by atoms with Gasteiger partial charge in [0, 0.05) is 29.6 Å². The molecule has 1 fully saturated rings. The van der Waals surface area contributed by atoms with Crippen LogP contribution in [-0.2, 0) is 0 Å². The highest BCUT2D eigenvalue weighted by molar-refractivity contribution is 6.09. The number of nitrogens with one attached hydrogen (secondary N) is 1. The molecule has 3 aromatic rings. The van der Waals surface area contributed by atoms with Crippen LogP contribution >= 0.6 is 0 Å². The molecule has 0 saturated carbocycles. The van der Waals surface area contributed by atoms with Gasteiger partial charge in [0.2, 0.25) is 0 Å². The monoisotopic (exact) mass is 376 g/mol. The fourth-order valence-corrected chi connectivity index (χ4v) is 4.41. The number of nitrogens with zero attached hydrogens (tertiary/aromatic N) is 1. The second kappa shape index (κ2) is 7.44. The van der Waals surface area contributed by atoms with Crippen LogP contribution in [0.15, 0.2) is 54.6 Å². The number of hydrogen-bond donors (Lipinski definition) is 2. The van der Waals surface area contributed by atoms with E-state index in [-0.39, 0.29) is 5.91 Å². The summed E-state index contributed by atoms with van der Waals surface area (Å²) in [5, 5.41) is 11.2. The largest absolute Gasteiger partial charge is 0.390 e. The van der Waals surface area contributed by atoms with E-state index in [4.69, 9.17) is 0 Å². The molecule has 0 aliphatic carbocycles. The van der Waals surface area contributed by atoms with Crippen molar-refractivity contribution in [1.82, 2.24) is 9.88 Å². The lowest BCUT2D eigenvalue weighted by atomic mass is 9.86. The Bertz CT molecular complexity index is 961. The molecular formula is C24H28N2O2. The molecule has 4 nitrogen and oxygen atoms in total. The first-order valence-corrected chi connectivity index (χ1v) is 10.1. The average Bonchev–Trinajstić information content (AvgIpc) is 3.07. The number of likely N-dealkylation sites (tertiary alicyclic amines) is 1. The molecule has 2 N–H and O–H groups in total. The van der Waals surface area contributed by atoms with Gasteiger partial charge in [0.05, 0.1) is 5.60 Å². The third-order valence-electron chi connectivity index (χ3n) is 5.67. The second-order valence-electron chi connectivity index (χ2n) is 8.54. The van der Waals surface area contributed by atoms with Gasteiger partial charge in [0.1, 0.15) is 5.69 Å². The minimum Gasteiger partial charge on any atom is -0.390 e. The van der Waals surface area contributed by atoms with E-state index in [0.29, 0.717) is 11.6 Å². The molecule has 0 radical (unpaired) electrons. The zero-order valence-corrected chi connectivity index (χ0v) is 16.6. The van der Waals surface area contributed by atoms with Gasteiger partial charge < -0.3 is 15.0 Å². The van der Waals surface area contributed by atoms with E-state index in [1.807, 2.05) is 55.1 Å². The van der Waals surface area contributed by atoms with Gasteiger partial charge in [-0.05, 0) is 50.7 Å². The van der Waals surface area contributed by atoms with Crippen molar-refractivity contribution in [3.63, 3.8) is 0 Å². The van der Waals surface area contributed by atoms with Crippen LogP contribution in [0.5, 0.6) is 0 Å². The predicted molar refractivity (Wildman–Crippen MR) is 113 cm³/mol. The Balaban J connectivity index is 1.62. The van der Waals surface area contributed by atoms with E-state index >= 15 is 0 Å². The summed E-state index contributed by atoms with van der Waals surface area (Å²) in [6.07, 6.45) is 2.67. The summed E-state index contributed by atoms with van der Waals surface area (Å²) in [5.41, 5.74) is 3.06. The molecule has 28 heavy (non-hydrogen) atoms. The van der Waals surface area contributed by atoms with Crippen LogP contribution in [0.2, 0.25) is 0 Å². The maximum atomic E-state index is 13.4. The van der Waals surface area contributed by atoms with Gasteiger partial charge in [-0.2, -0.15) is 0 Å². The first kappa shape index (κ1) is 18.8. The third kappa shape index (κ3) is 3.83. The lowest BCUT2D eigenvalue weighted by Crippen LogP contribution is -2.40. The Kier molecular flexibility index (Phi) is 4.98. The van der Waals surface area contributed by atoms with Crippen molar-refractivity contribution in [1.29, 1.82) is 0 Å². The number of aliphatic hydroxyl groups is 1. The molecule has 1 amide bonds. The van der Waals surface area contributed by atoms with E-state index < -0.39 is 5.60 Å². The normalized spacial score (nSPS) is 15.9. The molecule has 4 rings (SSSR count). The van der Waals surface area contributed by atoms with Crippen molar-refractivity contribution in [2.24, 2.45) is 5.92 Å². The van der Waals surface area contributed by atoms with Crippen molar-refractivity contribution in [2.75, 3.05) is 13.1 Å². The van der Waals surface area contributed by atoms with Crippen molar-refractivity contribution in [3.05, 3.63) is 60.3 Å². The van der Waals surface area contributed by atoms with E-state index in [2.05, 4.69) is 23.2 Å². The molecule has 4 heteroatoms. The number of rotatable bonds is 4. The smallest absolute Gasteiger partial charge is 0.270 e.